The Morgan fingerprint density at radius 1 is 0.594 bits per heavy atom. The molecule has 3 N–H and O–H groups in total. The van der Waals surface area contributed by atoms with Gasteiger partial charge >= 0.3 is 17.9 Å². The second-order valence-corrected chi connectivity index (χ2v) is 14.6. The van der Waals surface area contributed by atoms with Crippen molar-refractivity contribution in [3.05, 3.63) is 107 Å². The minimum atomic E-state index is -0.710. The molecule has 0 heterocycles. The molecule has 2 aromatic rings. The fourth-order valence-corrected chi connectivity index (χ4v) is 4.92. The molecule has 0 bridgehead atoms. The fourth-order valence-electron chi connectivity index (χ4n) is 4.92. The lowest BCUT2D eigenvalue weighted by Gasteiger charge is -2.22. The molecule has 2 atom stereocenters. The molecule has 2 aromatic carbocycles. The highest BCUT2D eigenvalue weighted by molar-refractivity contribution is 6.02. The standard InChI is InChI=1S/C23H25N5O3.C19H21N5O2.C8H10O3.CH4/c1-17(2)23(30)31-18(3)16-27-22(29)20(15-26)14-19-6-8-21(9-7-19)28(12-4-10-24)13-5-11-25;1-15(25)14-23-19(26)17(13-22)12-16-4-6-18(7-5-16)24(10-2-8-20)11-3-9-21;1-5(2)7(9)11-8(10)6(3)4;/h6-9,14,18H,1,4-5,12-13,16H2,2-3H3,(H,27,29);4-7,12,15,25H,2-3,10-11,14H2,1H3,(H,23,26);1,3H2,2,4H3;1H4/b20-14+;17-12+;;. The third kappa shape index (κ3) is 26.7. The summed E-state index contributed by atoms with van der Waals surface area (Å²) in [4.78, 5) is 60.9. The van der Waals surface area contributed by atoms with Crippen LogP contribution in [-0.4, -0.2) is 86.3 Å². The highest BCUT2D eigenvalue weighted by atomic mass is 16.6. The van der Waals surface area contributed by atoms with Crippen molar-refractivity contribution in [3.8, 4) is 36.4 Å². The number of aliphatic hydroxyl groups excluding tert-OH is 1. The van der Waals surface area contributed by atoms with Crippen molar-refractivity contribution in [2.24, 2.45) is 0 Å². The summed E-state index contributed by atoms with van der Waals surface area (Å²) in [5, 5.41) is 67.8. The van der Waals surface area contributed by atoms with Crippen LogP contribution in [-0.2, 0) is 33.4 Å². The van der Waals surface area contributed by atoms with Gasteiger partial charge in [-0.2, -0.15) is 31.6 Å². The van der Waals surface area contributed by atoms with E-state index in [1.807, 2.05) is 46.2 Å². The van der Waals surface area contributed by atoms with E-state index in [4.69, 9.17) is 31.0 Å². The molecule has 0 spiro atoms. The first-order chi connectivity index (χ1) is 32.3. The predicted octanol–water partition coefficient (Wildman–Crippen LogP) is 6.42. The molecule has 0 aliphatic heterocycles. The number of nitrogens with one attached hydrogen (secondary N) is 2. The van der Waals surface area contributed by atoms with Crippen molar-refractivity contribution < 1.29 is 38.6 Å². The van der Waals surface area contributed by atoms with E-state index in [9.17, 15) is 34.3 Å². The number of anilines is 2. The first kappa shape index (κ1) is 62.3. The summed E-state index contributed by atoms with van der Waals surface area (Å²) >= 11 is 0. The lowest BCUT2D eigenvalue weighted by Crippen LogP contribution is -2.34. The summed E-state index contributed by atoms with van der Waals surface area (Å²) < 4.78 is 9.38. The Hall–Kier alpha value is -8.81. The van der Waals surface area contributed by atoms with E-state index in [-0.39, 0.29) is 48.4 Å². The van der Waals surface area contributed by atoms with Crippen molar-refractivity contribution in [1.82, 2.24) is 10.6 Å². The lowest BCUT2D eigenvalue weighted by atomic mass is 10.1. The summed E-state index contributed by atoms with van der Waals surface area (Å²) in [7, 11) is 0. The molecule has 69 heavy (non-hydrogen) atoms. The van der Waals surface area contributed by atoms with Crippen LogP contribution in [0.3, 0.4) is 0 Å². The summed E-state index contributed by atoms with van der Waals surface area (Å²) in [6.07, 6.45) is 3.06. The summed E-state index contributed by atoms with van der Waals surface area (Å²) in [6, 6.07) is 26.4. The Bertz CT molecular complexity index is 2360. The Morgan fingerprint density at radius 3 is 1.19 bits per heavy atom. The highest BCUT2D eigenvalue weighted by Crippen LogP contribution is 2.19. The number of hydrogen-bond donors (Lipinski definition) is 3. The smallest absolute Gasteiger partial charge is 0.340 e. The molecule has 2 unspecified atom stereocenters. The van der Waals surface area contributed by atoms with Crippen LogP contribution in [0, 0.1) is 68.0 Å². The predicted molar refractivity (Wildman–Crippen MR) is 261 cm³/mol. The SMILES string of the molecule is C.C=C(C)C(=O)OC(=O)C(=C)C.C=C(C)C(=O)OC(C)CNC(=O)/C(C#N)=C/c1ccc(N(CCC#N)CCC#N)cc1.CC(O)CNC(=O)/C(C#N)=C/c1ccc(N(CCC#N)CCC#N)cc1. The fraction of sp³-hybridized carbons (Fsp3) is 0.353. The molecule has 0 radical (unpaired) electrons. The molecular formula is C51H60N10O8. The molecule has 0 saturated heterocycles. The molecule has 18 nitrogen and oxygen atoms in total. The first-order valence-corrected chi connectivity index (χ1v) is 20.9. The monoisotopic (exact) mass is 940 g/mol. The van der Waals surface area contributed by atoms with Gasteiger partial charge in [0.1, 0.15) is 29.4 Å². The van der Waals surface area contributed by atoms with Crippen LogP contribution in [0.5, 0.6) is 0 Å². The number of esters is 3. The second kappa shape index (κ2) is 35.5. The van der Waals surface area contributed by atoms with Crippen LogP contribution in [0.25, 0.3) is 12.2 Å². The number of nitriles is 6. The van der Waals surface area contributed by atoms with Gasteiger partial charge in [0, 0.05) is 60.8 Å². The third-order valence-corrected chi connectivity index (χ3v) is 8.49. The van der Waals surface area contributed by atoms with Crippen molar-refractivity contribution in [2.75, 3.05) is 49.1 Å². The quantitative estimate of drug-likeness (QED) is 0.0496. The van der Waals surface area contributed by atoms with Gasteiger partial charge in [0.25, 0.3) is 11.8 Å². The number of carbonyl (C=O) groups is 5. The Labute approximate surface area is 405 Å². The zero-order chi connectivity index (χ0) is 51.6. The number of carbonyl (C=O) groups excluding carboxylic acids is 5. The minimum absolute atomic E-state index is 0. The zero-order valence-electron chi connectivity index (χ0n) is 39.0. The largest absolute Gasteiger partial charge is 0.457 e. The van der Waals surface area contributed by atoms with E-state index in [2.05, 4.69) is 59.4 Å². The van der Waals surface area contributed by atoms with Crippen LogP contribution < -0.4 is 20.4 Å². The van der Waals surface area contributed by atoms with E-state index >= 15 is 0 Å². The van der Waals surface area contributed by atoms with E-state index in [0.29, 0.717) is 63.0 Å². The van der Waals surface area contributed by atoms with Crippen LogP contribution >= 0.6 is 0 Å². The number of ether oxygens (including phenoxy) is 2. The van der Waals surface area contributed by atoms with Gasteiger partial charge in [0.2, 0.25) is 0 Å². The number of rotatable bonds is 22. The van der Waals surface area contributed by atoms with Crippen molar-refractivity contribution >= 4 is 53.2 Å². The molecule has 18 heteroatoms. The summed E-state index contributed by atoms with van der Waals surface area (Å²) in [5.74, 6) is -3.08. The van der Waals surface area contributed by atoms with Gasteiger partial charge in [0.05, 0.1) is 62.6 Å². The zero-order valence-corrected chi connectivity index (χ0v) is 39.0. The molecule has 0 saturated carbocycles. The number of aliphatic hydroxyl groups is 1. The average Bonchev–Trinajstić information content (AvgIpc) is 3.31. The molecule has 0 aliphatic rings. The van der Waals surface area contributed by atoms with Gasteiger partial charge in [-0.15, -0.1) is 0 Å². The Kier molecular flexibility index (Phi) is 32.0. The van der Waals surface area contributed by atoms with Gasteiger partial charge in [-0.3, -0.25) is 9.59 Å². The van der Waals surface area contributed by atoms with Gasteiger partial charge in [-0.05, 0) is 82.2 Å². The van der Waals surface area contributed by atoms with Crippen molar-refractivity contribution in [3.63, 3.8) is 0 Å². The van der Waals surface area contributed by atoms with E-state index in [1.165, 1.54) is 32.9 Å². The minimum Gasteiger partial charge on any atom is -0.457 e. The van der Waals surface area contributed by atoms with Gasteiger partial charge < -0.3 is 35.0 Å². The van der Waals surface area contributed by atoms with Crippen LogP contribution in [0.1, 0.15) is 78.9 Å². The van der Waals surface area contributed by atoms with Gasteiger partial charge in [-0.1, -0.05) is 51.4 Å². The van der Waals surface area contributed by atoms with Crippen molar-refractivity contribution in [2.45, 2.75) is 79.9 Å². The number of benzene rings is 2. The lowest BCUT2D eigenvalue weighted by molar-refractivity contribution is -0.154. The molecule has 2 amide bonds. The third-order valence-electron chi connectivity index (χ3n) is 8.49. The summed E-state index contributed by atoms with van der Waals surface area (Å²) in [6.45, 7) is 19.9. The molecule has 362 valence electrons. The van der Waals surface area contributed by atoms with E-state index in [0.717, 1.165) is 11.4 Å². The topological polar surface area (TPSA) is 297 Å². The maximum Gasteiger partial charge on any atom is 0.340 e. The van der Waals surface area contributed by atoms with Gasteiger partial charge in [-0.25, -0.2) is 14.4 Å². The van der Waals surface area contributed by atoms with Crippen LogP contribution in [0.4, 0.5) is 11.4 Å². The maximum atomic E-state index is 12.3. The number of hydrogen-bond acceptors (Lipinski definition) is 16. The maximum absolute atomic E-state index is 12.3. The van der Waals surface area contributed by atoms with Gasteiger partial charge in [0.15, 0.2) is 0 Å². The normalized spacial score (nSPS) is 10.8. The second-order valence-electron chi connectivity index (χ2n) is 14.6. The first-order valence-electron chi connectivity index (χ1n) is 20.9. The Morgan fingerprint density at radius 2 is 0.913 bits per heavy atom. The van der Waals surface area contributed by atoms with Crippen LogP contribution in [0.15, 0.2) is 96.1 Å². The summed E-state index contributed by atoms with van der Waals surface area (Å²) in [5.41, 5.74) is 3.55. The average molecular weight is 941 g/mol. The molecular weight excluding hydrogens is 881 g/mol. The number of nitrogens with zero attached hydrogens (tertiary/aromatic N) is 8. The van der Waals surface area contributed by atoms with E-state index in [1.54, 1.807) is 38.1 Å². The van der Waals surface area contributed by atoms with E-state index < -0.39 is 41.9 Å². The number of amides is 2. The molecule has 0 aliphatic carbocycles. The molecule has 0 aromatic heterocycles. The van der Waals surface area contributed by atoms with Crippen molar-refractivity contribution in [1.29, 1.82) is 31.6 Å². The van der Waals surface area contributed by atoms with Crippen LogP contribution in [0.2, 0.25) is 0 Å². The molecule has 0 fully saturated rings. The molecule has 2 rings (SSSR count). The highest BCUT2D eigenvalue weighted by Gasteiger charge is 2.15. The Balaban J connectivity index is 0.